The molecule has 46 valence electrons. The van der Waals surface area contributed by atoms with Crippen molar-refractivity contribution in [3.8, 4) is 0 Å². The lowest BCUT2D eigenvalue weighted by molar-refractivity contribution is 0.541. The van der Waals surface area contributed by atoms with Gasteiger partial charge in [-0.2, -0.15) is 0 Å². The largest absolute Gasteiger partial charge is 0.277 e. The van der Waals surface area contributed by atoms with Gasteiger partial charge in [0.05, 0.1) is 0 Å². The minimum Gasteiger partial charge on any atom is -0.277 e. The van der Waals surface area contributed by atoms with Crippen LogP contribution in [0.5, 0.6) is 0 Å². The molecule has 1 nitrogen and oxygen atoms in total. The van der Waals surface area contributed by atoms with Gasteiger partial charge in [-0.15, -0.1) is 0 Å². The summed E-state index contributed by atoms with van der Waals surface area (Å²) < 4.78 is 0. The summed E-state index contributed by atoms with van der Waals surface area (Å²) in [7, 11) is 0. The van der Waals surface area contributed by atoms with Crippen LogP contribution in [0.3, 0.4) is 0 Å². The standard InChI is InChI=1S/C6H10ClN/c1-5-2-3-6(7)8-4-5/h5H,2-4H2,1H3. The van der Waals surface area contributed by atoms with Gasteiger partial charge in [0.2, 0.25) is 0 Å². The first-order valence-corrected chi connectivity index (χ1v) is 3.35. The second-order valence-corrected chi connectivity index (χ2v) is 2.80. The van der Waals surface area contributed by atoms with Crippen LogP contribution < -0.4 is 0 Å². The van der Waals surface area contributed by atoms with Gasteiger partial charge >= 0.3 is 0 Å². The van der Waals surface area contributed by atoms with Gasteiger partial charge in [0.25, 0.3) is 0 Å². The number of aliphatic imine (C=N–C) groups is 1. The lowest BCUT2D eigenvalue weighted by Crippen LogP contribution is -2.08. The summed E-state index contributed by atoms with van der Waals surface area (Å²) in [5, 5.41) is 0.808. The number of rotatable bonds is 0. The highest BCUT2D eigenvalue weighted by atomic mass is 35.5. The van der Waals surface area contributed by atoms with Crippen LogP contribution in [0.4, 0.5) is 0 Å². The molecular formula is C6H10ClN. The summed E-state index contributed by atoms with van der Waals surface area (Å²) in [6, 6.07) is 0. The molecule has 0 saturated carbocycles. The first-order chi connectivity index (χ1) is 3.79. The summed E-state index contributed by atoms with van der Waals surface area (Å²) in [5.74, 6) is 0.748. The summed E-state index contributed by atoms with van der Waals surface area (Å²) >= 11 is 5.63. The van der Waals surface area contributed by atoms with Crippen molar-refractivity contribution in [2.75, 3.05) is 6.54 Å². The zero-order chi connectivity index (χ0) is 5.98. The molecule has 0 aromatic rings. The van der Waals surface area contributed by atoms with E-state index in [2.05, 4.69) is 11.9 Å². The minimum absolute atomic E-state index is 0.748. The highest BCUT2D eigenvalue weighted by Crippen LogP contribution is 2.14. The third kappa shape index (κ3) is 1.48. The van der Waals surface area contributed by atoms with E-state index in [-0.39, 0.29) is 0 Å². The monoisotopic (exact) mass is 131 g/mol. The van der Waals surface area contributed by atoms with E-state index < -0.39 is 0 Å². The fourth-order valence-corrected chi connectivity index (χ4v) is 0.969. The van der Waals surface area contributed by atoms with Crippen LogP contribution in [0.2, 0.25) is 0 Å². The average molecular weight is 132 g/mol. The number of nitrogens with zero attached hydrogens (tertiary/aromatic N) is 1. The van der Waals surface area contributed by atoms with Gasteiger partial charge in [0, 0.05) is 13.0 Å². The second kappa shape index (κ2) is 2.49. The van der Waals surface area contributed by atoms with Crippen molar-refractivity contribution in [3.05, 3.63) is 0 Å². The third-order valence-electron chi connectivity index (χ3n) is 1.42. The summed E-state index contributed by atoms with van der Waals surface area (Å²) in [4.78, 5) is 4.09. The molecule has 1 aliphatic heterocycles. The van der Waals surface area contributed by atoms with E-state index >= 15 is 0 Å². The molecule has 8 heavy (non-hydrogen) atoms. The van der Waals surface area contributed by atoms with Gasteiger partial charge in [0.1, 0.15) is 5.17 Å². The predicted octanol–water partition coefficient (Wildman–Crippen LogP) is 2.05. The quantitative estimate of drug-likeness (QED) is 0.477. The Bertz CT molecular complexity index is 109. The molecule has 0 N–H and O–H groups in total. The first kappa shape index (κ1) is 6.09. The van der Waals surface area contributed by atoms with E-state index in [1.165, 1.54) is 6.42 Å². The SMILES string of the molecule is CC1CCC(Cl)=NC1. The molecule has 2 heteroatoms. The van der Waals surface area contributed by atoms with Crippen LogP contribution in [0, 0.1) is 5.92 Å². The van der Waals surface area contributed by atoms with Gasteiger partial charge in [-0.05, 0) is 12.3 Å². The van der Waals surface area contributed by atoms with Crippen molar-refractivity contribution in [1.82, 2.24) is 0 Å². The lowest BCUT2D eigenvalue weighted by Gasteiger charge is -2.12. The molecule has 1 unspecified atom stereocenters. The van der Waals surface area contributed by atoms with Crippen molar-refractivity contribution in [2.24, 2.45) is 10.9 Å². The molecule has 0 radical (unpaired) electrons. The van der Waals surface area contributed by atoms with Gasteiger partial charge in [0.15, 0.2) is 0 Å². The highest BCUT2D eigenvalue weighted by Gasteiger charge is 2.07. The zero-order valence-electron chi connectivity index (χ0n) is 5.02. The number of halogens is 1. The van der Waals surface area contributed by atoms with E-state index in [1.54, 1.807) is 0 Å². The Morgan fingerprint density at radius 2 is 2.50 bits per heavy atom. The average Bonchev–Trinajstić information content (AvgIpc) is 1.77. The van der Waals surface area contributed by atoms with Crippen molar-refractivity contribution >= 4 is 16.8 Å². The van der Waals surface area contributed by atoms with Crippen molar-refractivity contribution in [3.63, 3.8) is 0 Å². The summed E-state index contributed by atoms with van der Waals surface area (Å²) in [6.45, 7) is 3.13. The summed E-state index contributed by atoms with van der Waals surface area (Å²) in [6.07, 6.45) is 2.20. The maximum absolute atomic E-state index is 5.63. The number of hydrogen-bond donors (Lipinski definition) is 0. The van der Waals surface area contributed by atoms with E-state index in [0.717, 1.165) is 24.1 Å². The molecule has 0 aliphatic carbocycles. The van der Waals surface area contributed by atoms with Crippen LogP contribution >= 0.6 is 11.6 Å². The Morgan fingerprint density at radius 1 is 1.75 bits per heavy atom. The van der Waals surface area contributed by atoms with Gasteiger partial charge in [-0.1, -0.05) is 18.5 Å². The van der Waals surface area contributed by atoms with E-state index in [0.29, 0.717) is 0 Å². The van der Waals surface area contributed by atoms with Crippen molar-refractivity contribution in [1.29, 1.82) is 0 Å². The zero-order valence-corrected chi connectivity index (χ0v) is 5.78. The van der Waals surface area contributed by atoms with Crippen LogP contribution in [0.15, 0.2) is 4.99 Å². The fraction of sp³-hybridized carbons (Fsp3) is 0.833. The van der Waals surface area contributed by atoms with Crippen LogP contribution in [0.25, 0.3) is 0 Å². The Hall–Kier alpha value is -0.0400. The molecule has 0 spiro atoms. The van der Waals surface area contributed by atoms with Crippen LogP contribution in [-0.2, 0) is 0 Å². The Labute approximate surface area is 54.8 Å². The van der Waals surface area contributed by atoms with Crippen molar-refractivity contribution in [2.45, 2.75) is 19.8 Å². The Morgan fingerprint density at radius 3 is 2.88 bits per heavy atom. The maximum atomic E-state index is 5.63. The van der Waals surface area contributed by atoms with E-state index in [4.69, 9.17) is 11.6 Å². The predicted molar refractivity (Wildman–Crippen MR) is 36.6 cm³/mol. The lowest BCUT2D eigenvalue weighted by atomic mass is 10.0. The molecule has 0 aromatic carbocycles. The molecular weight excluding hydrogens is 122 g/mol. The Kier molecular flexibility index (Phi) is 1.90. The van der Waals surface area contributed by atoms with Crippen molar-refractivity contribution < 1.29 is 0 Å². The van der Waals surface area contributed by atoms with Gasteiger partial charge in [-0.25, -0.2) is 0 Å². The third-order valence-corrected chi connectivity index (χ3v) is 1.73. The molecule has 0 amide bonds. The van der Waals surface area contributed by atoms with Gasteiger partial charge in [-0.3, -0.25) is 4.99 Å². The topological polar surface area (TPSA) is 12.4 Å². The molecule has 1 aliphatic rings. The first-order valence-electron chi connectivity index (χ1n) is 2.98. The molecule has 0 bridgehead atoms. The minimum atomic E-state index is 0.748. The highest BCUT2D eigenvalue weighted by molar-refractivity contribution is 6.65. The smallest absolute Gasteiger partial charge is 0.100 e. The van der Waals surface area contributed by atoms with E-state index in [1.807, 2.05) is 0 Å². The molecule has 0 saturated heterocycles. The molecule has 0 aromatic heterocycles. The van der Waals surface area contributed by atoms with Gasteiger partial charge < -0.3 is 0 Å². The number of hydrogen-bond acceptors (Lipinski definition) is 1. The van der Waals surface area contributed by atoms with E-state index in [9.17, 15) is 0 Å². The normalized spacial score (nSPS) is 29.8. The fourth-order valence-electron chi connectivity index (χ4n) is 0.791. The summed E-state index contributed by atoms with van der Waals surface area (Å²) in [5.41, 5.74) is 0. The molecule has 1 atom stereocenters. The molecule has 1 heterocycles. The Balaban J connectivity index is 2.42. The maximum Gasteiger partial charge on any atom is 0.100 e. The molecule has 0 fully saturated rings. The molecule has 1 rings (SSSR count). The van der Waals surface area contributed by atoms with Crippen LogP contribution in [0.1, 0.15) is 19.8 Å². The second-order valence-electron chi connectivity index (χ2n) is 2.36. The van der Waals surface area contributed by atoms with Crippen LogP contribution in [-0.4, -0.2) is 11.7 Å².